The third kappa shape index (κ3) is 4.16. The molecular formula is C18H27N3O2. The van der Waals surface area contributed by atoms with Gasteiger partial charge in [-0.05, 0) is 43.4 Å². The lowest BCUT2D eigenvalue weighted by atomic mass is 10.1. The zero-order valence-corrected chi connectivity index (χ0v) is 13.8. The molecule has 2 heterocycles. The third-order valence-corrected chi connectivity index (χ3v) is 4.78. The van der Waals surface area contributed by atoms with Crippen molar-refractivity contribution in [1.82, 2.24) is 4.90 Å². The molecule has 1 amide bonds. The van der Waals surface area contributed by atoms with E-state index in [-0.39, 0.29) is 5.91 Å². The second-order valence-electron chi connectivity index (χ2n) is 6.43. The number of carbonyl (C=O) groups excluding carboxylic acids is 1. The number of amides is 1. The number of nitrogen functional groups attached to an aromatic ring is 1. The first-order valence-corrected chi connectivity index (χ1v) is 8.73. The number of carbonyl (C=O) groups is 1. The van der Waals surface area contributed by atoms with Crippen LogP contribution in [0.3, 0.4) is 0 Å². The van der Waals surface area contributed by atoms with E-state index in [4.69, 9.17) is 10.5 Å². The molecule has 0 unspecified atom stereocenters. The maximum Gasteiger partial charge on any atom is 0.222 e. The van der Waals surface area contributed by atoms with Crippen LogP contribution >= 0.6 is 0 Å². The highest BCUT2D eigenvalue weighted by molar-refractivity contribution is 5.77. The third-order valence-electron chi connectivity index (χ3n) is 4.78. The van der Waals surface area contributed by atoms with E-state index in [1.807, 2.05) is 11.0 Å². The maximum atomic E-state index is 12.2. The summed E-state index contributed by atoms with van der Waals surface area (Å²) in [5.74, 6) is 0.278. The Kier molecular flexibility index (Phi) is 5.39. The number of piperidine rings is 1. The number of rotatable bonds is 4. The lowest BCUT2D eigenvalue weighted by Crippen LogP contribution is -2.36. The van der Waals surface area contributed by atoms with Crippen LogP contribution in [-0.4, -0.2) is 50.2 Å². The van der Waals surface area contributed by atoms with Crippen molar-refractivity contribution in [2.75, 3.05) is 50.0 Å². The van der Waals surface area contributed by atoms with Crippen LogP contribution in [-0.2, 0) is 16.0 Å². The second-order valence-corrected chi connectivity index (χ2v) is 6.43. The maximum absolute atomic E-state index is 12.2. The van der Waals surface area contributed by atoms with Gasteiger partial charge in [0.15, 0.2) is 0 Å². The van der Waals surface area contributed by atoms with Gasteiger partial charge in [0.2, 0.25) is 5.91 Å². The SMILES string of the molecule is Nc1cc(CCC(=O)N2CCCCC2)ccc1N1CCOCC1. The zero-order chi connectivity index (χ0) is 16.1. The van der Waals surface area contributed by atoms with Crippen LogP contribution in [0.5, 0.6) is 0 Å². The average molecular weight is 317 g/mol. The number of likely N-dealkylation sites (tertiary alicyclic amines) is 1. The van der Waals surface area contributed by atoms with E-state index in [1.165, 1.54) is 6.42 Å². The molecule has 2 aliphatic heterocycles. The van der Waals surface area contributed by atoms with E-state index in [0.29, 0.717) is 6.42 Å². The molecule has 3 rings (SSSR count). The first-order chi connectivity index (χ1) is 11.2. The molecule has 0 aliphatic carbocycles. The highest BCUT2D eigenvalue weighted by Crippen LogP contribution is 2.26. The van der Waals surface area contributed by atoms with Crippen molar-refractivity contribution in [2.45, 2.75) is 32.1 Å². The molecule has 0 atom stereocenters. The van der Waals surface area contributed by atoms with Gasteiger partial charge >= 0.3 is 0 Å². The number of nitrogens with two attached hydrogens (primary N) is 1. The van der Waals surface area contributed by atoms with Crippen LogP contribution in [0.1, 0.15) is 31.2 Å². The molecule has 0 saturated carbocycles. The predicted octanol–water partition coefficient (Wildman–Crippen LogP) is 2.05. The summed E-state index contributed by atoms with van der Waals surface area (Å²) in [4.78, 5) is 16.5. The number of morpholine rings is 1. The predicted molar refractivity (Wildman–Crippen MR) is 92.6 cm³/mol. The minimum atomic E-state index is 0.278. The van der Waals surface area contributed by atoms with Crippen molar-refractivity contribution >= 4 is 17.3 Å². The van der Waals surface area contributed by atoms with E-state index in [9.17, 15) is 4.79 Å². The van der Waals surface area contributed by atoms with E-state index in [1.54, 1.807) is 0 Å². The molecule has 2 aliphatic rings. The Morgan fingerprint density at radius 3 is 2.52 bits per heavy atom. The van der Waals surface area contributed by atoms with E-state index in [0.717, 1.165) is 75.6 Å². The summed E-state index contributed by atoms with van der Waals surface area (Å²) in [5.41, 5.74) is 9.25. The summed E-state index contributed by atoms with van der Waals surface area (Å²) in [7, 11) is 0. The topological polar surface area (TPSA) is 58.8 Å². The minimum absolute atomic E-state index is 0.278. The van der Waals surface area contributed by atoms with Crippen molar-refractivity contribution in [3.63, 3.8) is 0 Å². The summed E-state index contributed by atoms with van der Waals surface area (Å²) in [6.07, 6.45) is 4.89. The van der Waals surface area contributed by atoms with Gasteiger partial charge in [0.05, 0.1) is 24.6 Å². The van der Waals surface area contributed by atoms with Gasteiger partial charge in [-0.2, -0.15) is 0 Å². The quantitative estimate of drug-likeness (QED) is 0.864. The van der Waals surface area contributed by atoms with Gasteiger partial charge in [0, 0.05) is 32.6 Å². The minimum Gasteiger partial charge on any atom is -0.397 e. The lowest BCUT2D eigenvalue weighted by Gasteiger charge is -2.30. The number of hydrogen-bond donors (Lipinski definition) is 1. The van der Waals surface area contributed by atoms with Crippen molar-refractivity contribution in [2.24, 2.45) is 0 Å². The molecule has 0 bridgehead atoms. The van der Waals surface area contributed by atoms with Gasteiger partial charge in [0.1, 0.15) is 0 Å². The van der Waals surface area contributed by atoms with Gasteiger partial charge < -0.3 is 20.3 Å². The molecule has 23 heavy (non-hydrogen) atoms. The Hall–Kier alpha value is -1.75. The molecule has 0 radical (unpaired) electrons. The molecule has 0 spiro atoms. The molecule has 2 N–H and O–H groups in total. The molecule has 0 aromatic heterocycles. The van der Waals surface area contributed by atoms with Crippen molar-refractivity contribution in [3.8, 4) is 0 Å². The summed E-state index contributed by atoms with van der Waals surface area (Å²) in [6, 6.07) is 6.21. The average Bonchev–Trinajstić information content (AvgIpc) is 2.61. The van der Waals surface area contributed by atoms with Gasteiger partial charge in [0.25, 0.3) is 0 Å². The fourth-order valence-electron chi connectivity index (χ4n) is 3.40. The normalized spacial score (nSPS) is 19.0. The molecule has 1 aromatic rings. The Labute approximate surface area is 138 Å². The van der Waals surface area contributed by atoms with E-state index < -0.39 is 0 Å². The first kappa shape index (κ1) is 16.1. The van der Waals surface area contributed by atoms with Crippen LogP contribution in [0.25, 0.3) is 0 Å². The van der Waals surface area contributed by atoms with Crippen LogP contribution in [0.15, 0.2) is 18.2 Å². The first-order valence-electron chi connectivity index (χ1n) is 8.73. The summed E-state index contributed by atoms with van der Waals surface area (Å²) < 4.78 is 5.38. The number of aryl methyl sites for hydroxylation is 1. The van der Waals surface area contributed by atoms with Gasteiger partial charge in [-0.3, -0.25) is 4.79 Å². The standard InChI is InChI=1S/C18H27N3O2/c19-16-14-15(4-6-17(16)20-10-12-23-13-11-20)5-7-18(22)21-8-2-1-3-9-21/h4,6,14H,1-3,5,7-13,19H2. The van der Waals surface area contributed by atoms with Crippen LogP contribution in [0.4, 0.5) is 11.4 Å². The largest absolute Gasteiger partial charge is 0.397 e. The fraction of sp³-hybridized carbons (Fsp3) is 0.611. The molecule has 5 heteroatoms. The van der Waals surface area contributed by atoms with Crippen LogP contribution in [0, 0.1) is 0 Å². The number of anilines is 2. The Morgan fingerprint density at radius 1 is 1.09 bits per heavy atom. The van der Waals surface area contributed by atoms with E-state index in [2.05, 4.69) is 17.0 Å². The molecule has 2 saturated heterocycles. The van der Waals surface area contributed by atoms with Crippen molar-refractivity contribution in [3.05, 3.63) is 23.8 Å². The zero-order valence-electron chi connectivity index (χ0n) is 13.8. The van der Waals surface area contributed by atoms with Crippen molar-refractivity contribution in [1.29, 1.82) is 0 Å². The number of nitrogens with zero attached hydrogens (tertiary/aromatic N) is 2. The fourth-order valence-corrected chi connectivity index (χ4v) is 3.40. The number of hydrogen-bond acceptors (Lipinski definition) is 4. The monoisotopic (exact) mass is 317 g/mol. The summed E-state index contributed by atoms with van der Waals surface area (Å²) in [6.45, 7) is 5.14. The second kappa shape index (κ2) is 7.68. The highest BCUT2D eigenvalue weighted by Gasteiger charge is 2.17. The van der Waals surface area contributed by atoms with Crippen LogP contribution in [0.2, 0.25) is 0 Å². The lowest BCUT2D eigenvalue weighted by molar-refractivity contribution is -0.132. The van der Waals surface area contributed by atoms with Gasteiger partial charge in [-0.1, -0.05) is 6.07 Å². The van der Waals surface area contributed by atoms with Crippen molar-refractivity contribution < 1.29 is 9.53 Å². The molecule has 2 fully saturated rings. The number of ether oxygens (including phenoxy) is 1. The summed E-state index contributed by atoms with van der Waals surface area (Å²) in [5, 5.41) is 0. The van der Waals surface area contributed by atoms with E-state index >= 15 is 0 Å². The van der Waals surface area contributed by atoms with Crippen LogP contribution < -0.4 is 10.6 Å². The van der Waals surface area contributed by atoms with Gasteiger partial charge in [-0.15, -0.1) is 0 Å². The Morgan fingerprint density at radius 2 is 1.83 bits per heavy atom. The number of benzene rings is 1. The Balaban J connectivity index is 1.56. The molecule has 1 aromatic carbocycles. The molecule has 5 nitrogen and oxygen atoms in total. The smallest absolute Gasteiger partial charge is 0.222 e. The molecular weight excluding hydrogens is 290 g/mol. The van der Waals surface area contributed by atoms with Gasteiger partial charge in [-0.25, -0.2) is 0 Å². The molecule has 126 valence electrons. The highest BCUT2D eigenvalue weighted by atomic mass is 16.5. The summed E-state index contributed by atoms with van der Waals surface area (Å²) >= 11 is 0. The Bertz CT molecular complexity index is 535.